The molecule has 0 aromatic carbocycles. The van der Waals surface area contributed by atoms with Crippen LogP contribution in [-0.2, 0) is 14.3 Å². The van der Waals surface area contributed by atoms with E-state index < -0.39 is 36.2 Å². The van der Waals surface area contributed by atoms with Gasteiger partial charge in [-0.15, -0.1) is 0 Å². The van der Waals surface area contributed by atoms with Crippen LogP contribution in [0.4, 0.5) is 0 Å². The summed E-state index contributed by atoms with van der Waals surface area (Å²) in [6, 6.07) is 2.09. The Hall–Kier alpha value is -2.17. The number of aliphatic hydroxyl groups is 2. The second kappa shape index (κ2) is 13.1. The van der Waals surface area contributed by atoms with E-state index in [9.17, 15) is 30.2 Å². The lowest BCUT2D eigenvalue weighted by Gasteiger charge is -2.38. The number of aliphatic hydroxyl groups excluding tert-OH is 2. The van der Waals surface area contributed by atoms with Gasteiger partial charge in [0.15, 0.2) is 0 Å². The zero-order chi connectivity index (χ0) is 25.4. The Balaban J connectivity index is 2.26. The quantitative estimate of drug-likeness (QED) is 0.509. The lowest BCUT2D eigenvalue weighted by Crippen LogP contribution is -2.42. The van der Waals surface area contributed by atoms with Crippen molar-refractivity contribution < 1.29 is 29.6 Å². The summed E-state index contributed by atoms with van der Waals surface area (Å²) in [5.74, 6) is -1.74. The van der Waals surface area contributed by atoms with Crippen LogP contribution in [-0.4, -0.2) is 45.6 Å². The zero-order valence-corrected chi connectivity index (χ0v) is 20.9. The Morgan fingerprint density at radius 1 is 1.06 bits per heavy atom. The Kier molecular flexibility index (Phi) is 10.8. The molecule has 0 spiro atoms. The van der Waals surface area contributed by atoms with Gasteiger partial charge in [-0.1, -0.05) is 39.8 Å². The molecule has 7 heteroatoms. The van der Waals surface area contributed by atoms with Gasteiger partial charge >= 0.3 is 11.9 Å². The minimum atomic E-state index is -0.892. The first kappa shape index (κ1) is 28.1. The molecule has 9 atom stereocenters. The van der Waals surface area contributed by atoms with Gasteiger partial charge < -0.3 is 20.1 Å². The molecule has 0 aromatic rings. The van der Waals surface area contributed by atoms with Gasteiger partial charge in [0.1, 0.15) is 6.10 Å². The van der Waals surface area contributed by atoms with Crippen molar-refractivity contribution in [1.82, 2.24) is 0 Å². The highest BCUT2D eigenvalue weighted by Crippen LogP contribution is 2.40. The van der Waals surface area contributed by atoms with Crippen molar-refractivity contribution in [3.05, 3.63) is 23.8 Å². The average Bonchev–Trinajstić information content (AvgIpc) is 2.70. The van der Waals surface area contributed by atoms with E-state index in [-0.39, 0.29) is 29.7 Å². The second-order valence-corrected chi connectivity index (χ2v) is 10.7. The molecule has 190 valence electrons. The standard InChI is InChI=1S/C27H41NO6/c1-16-11-17(2)13-19(4)26(31)20(15-28)7-5-6-8-24(21-9-10-22(21)27(32)33)34-25(30)14-23(29)18(3)12-16/h5-7,16-19,21-24,26,29,31H,8-14H2,1-4H3,(H,32,33)/b6-5-,20-7+/t16-,17+,18-,19-,21+,22+,23-,24-,26+/m0/s1. The maximum Gasteiger partial charge on any atom is 0.308 e. The lowest BCUT2D eigenvalue weighted by atomic mass is 9.70. The molecule has 0 amide bonds. The molecule has 0 aromatic heterocycles. The van der Waals surface area contributed by atoms with Crippen molar-refractivity contribution in [2.75, 3.05) is 0 Å². The van der Waals surface area contributed by atoms with Gasteiger partial charge in [-0.3, -0.25) is 9.59 Å². The van der Waals surface area contributed by atoms with Gasteiger partial charge in [-0.25, -0.2) is 0 Å². The van der Waals surface area contributed by atoms with E-state index in [2.05, 4.69) is 19.9 Å². The molecule has 2 aliphatic rings. The predicted molar refractivity (Wildman–Crippen MR) is 128 cm³/mol. The first-order valence-electron chi connectivity index (χ1n) is 12.6. The van der Waals surface area contributed by atoms with Crippen LogP contribution in [0.2, 0.25) is 0 Å². The molecule has 0 unspecified atom stereocenters. The first-order chi connectivity index (χ1) is 16.0. The van der Waals surface area contributed by atoms with Crippen LogP contribution in [0.25, 0.3) is 0 Å². The largest absolute Gasteiger partial charge is 0.481 e. The molecule has 0 bridgehead atoms. The number of esters is 1. The van der Waals surface area contributed by atoms with Crippen LogP contribution in [0.15, 0.2) is 23.8 Å². The SMILES string of the molecule is C[C@@H]1C[C@H](C)C[C@H](C)[C@@H](O)CC(=O)O[C@H]([C@@H]2CC[C@H]2C(=O)O)C/C=C\C=C(/C#N)[C@H](O)[C@@H](C)C1. The van der Waals surface area contributed by atoms with Gasteiger partial charge in [0.25, 0.3) is 0 Å². The highest BCUT2D eigenvalue weighted by molar-refractivity contribution is 5.72. The number of nitriles is 1. The number of rotatable bonds is 2. The number of hydrogen-bond acceptors (Lipinski definition) is 6. The fourth-order valence-corrected chi connectivity index (χ4v) is 5.50. The van der Waals surface area contributed by atoms with Gasteiger partial charge in [0.2, 0.25) is 0 Å². The molecule has 0 saturated heterocycles. The molecule has 1 aliphatic heterocycles. The number of aliphatic carboxylic acids is 1. The van der Waals surface area contributed by atoms with Crippen molar-refractivity contribution in [1.29, 1.82) is 5.26 Å². The lowest BCUT2D eigenvalue weighted by molar-refractivity contribution is -0.165. The summed E-state index contributed by atoms with van der Waals surface area (Å²) in [6.07, 6.45) is 6.55. The first-order valence-corrected chi connectivity index (χ1v) is 12.6. The maximum absolute atomic E-state index is 12.6. The van der Waals surface area contributed by atoms with Crippen LogP contribution in [0.3, 0.4) is 0 Å². The van der Waals surface area contributed by atoms with Crippen LogP contribution in [0, 0.1) is 46.8 Å². The van der Waals surface area contributed by atoms with E-state index in [1.54, 1.807) is 18.2 Å². The van der Waals surface area contributed by atoms with E-state index in [1.165, 1.54) is 0 Å². The van der Waals surface area contributed by atoms with Crippen LogP contribution in [0.5, 0.6) is 0 Å². The summed E-state index contributed by atoms with van der Waals surface area (Å²) < 4.78 is 5.69. The molecule has 34 heavy (non-hydrogen) atoms. The predicted octanol–water partition coefficient (Wildman–Crippen LogP) is 4.25. The van der Waals surface area contributed by atoms with E-state index in [0.29, 0.717) is 31.1 Å². The topological polar surface area (TPSA) is 128 Å². The number of carbonyl (C=O) groups excluding carboxylic acids is 1. The van der Waals surface area contributed by atoms with E-state index >= 15 is 0 Å². The fourth-order valence-electron chi connectivity index (χ4n) is 5.50. The molecular weight excluding hydrogens is 434 g/mol. The number of nitrogens with zero attached hydrogens (tertiary/aromatic N) is 1. The normalized spacial score (nSPS) is 41.4. The number of cyclic esters (lactones) is 1. The Bertz CT molecular complexity index is 799. The second-order valence-electron chi connectivity index (χ2n) is 10.7. The molecule has 1 heterocycles. The number of carbonyl (C=O) groups is 2. The average molecular weight is 476 g/mol. The summed E-state index contributed by atoms with van der Waals surface area (Å²) in [5.41, 5.74) is 0.280. The fraction of sp³-hybridized carbons (Fsp3) is 0.741. The van der Waals surface area contributed by atoms with Crippen molar-refractivity contribution in [3.8, 4) is 6.07 Å². The van der Waals surface area contributed by atoms with E-state index in [4.69, 9.17) is 4.74 Å². The summed E-state index contributed by atoms with van der Waals surface area (Å²) in [6.45, 7) is 8.14. The summed E-state index contributed by atoms with van der Waals surface area (Å²) >= 11 is 0. The van der Waals surface area contributed by atoms with Crippen molar-refractivity contribution >= 4 is 11.9 Å². The summed E-state index contributed by atoms with van der Waals surface area (Å²) in [4.78, 5) is 24.2. The zero-order valence-electron chi connectivity index (χ0n) is 20.9. The third kappa shape index (κ3) is 7.95. The smallest absolute Gasteiger partial charge is 0.308 e. The molecule has 2 rings (SSSR count). The highest BCUT2D eigenvalue weighted by Gasteiger charge is 2.43. The van der Waals surface area contributed by atoms with Crippen molar-refractivity contribution in [2.45, 2.75) is 91.0 Å². The monoisotopic (exact) mass is 475 g/mol. The molecule has 1 fully saturated rings. The number of hydrogen-bond donors (Lipinski definition) is 3. The van der Waals surface area contributed by atoms with Crippen molar-refractivity contribution in [3.63, 3.8) is 0 Å². The van der Waals surface area contributed by atoms with Gasteiger partial charge in [-0.05, 0) is 61.9 Å². The van der Waals surface area contributed by atoms with Crippen molar-refractivity contribution in [2.24, 2.45) is 35.5 Å². The van der Waals surface area contributed by atoms with Gasteiger partial charge in [0, 0.05) is 12.3 Å². The van der Waals surface area contributed by atoms with Crippen LogP contribution in [0.1, 0.15) is 72.6 Å². The molecule has 0 radical (unpaired) electrons. The number of ether oxygens (including phenoxy) is 1. The van der Waals surface area contributed by atoms with Gasteiger partial charge in [0.05, 0.1) is 36.2 Å². The number of carboxylic acids is 1. The Morgan fingerprint density at radius 2 is 1.71 bits per heavy atom. The highest BCUT2D eigenvalue weighted by atomic mass is 16.5. The maximum atomic E-state index is 12.6. The number of carboxylic acid groups (broad SMARTS) is 1. The minimum Gasteiger partial charge on any atom is -0.481 e. The molecule has 1 aliphatic carbocycles. The molecule has 1 saturated carbocycles. The summed E-state index contributed by atoms with van der Waals surface area (Å²) in [5, 5.41) is 40.3. The Labute approximate surface area is 203 Å². The molecule has 3 N–H and O–H groups in total. The van der Waals surface area contributed by atoms with Crippen LogP contribution >= 0.6 is 0 Å². The van der Waals surface area contributed by atoms with E-state index in [1.807, 2.05) is 13.8 Å². The summed E-state index contributed by atoms with van der Waals surface area (Å²) in [7, 11) is 0. The Morgan fingerprint density at radius 3 is 2.26 bits per heavy atom. The third-order valence-corrected chi connectivity index (χ3v) is 7.56. The molecular formula is C27H41NO6. The van der Waals surface area contributed by atoms with Gasteiger partial charge in [-0.2, -0.15) is 5.26 Å². The third-order valence-electron chi connectivity index (χ3n) is 7.56. The van der Waals surface area contributed by atoms with Crippen LogP contribution < -0.4 is 0 Å². The molecule has 7 nitrogen and oxygen atoms in total. The minimum absolute atomic E-state index is 0.0802. The van der Waals surface area contributed by atoms with E-state index in [0.717, 1.165) is 19.3 Å². The number of allylic oxidation sites excluding steroid dienone is 2.